The maximum Gasteiger partial charge on any atom is 0.107 e. The van der Waals surface area contributed by atoms with Gasteiger partial charge in [0.05, 0.1) is 11.3 Å². The van der Waals surface area contributed by atoms with Gasteiger partial charge in [-0.25, -0.2) is 0 Å². The highest BCUT2D eigenvalue weighted by Crippen LogP contribution is 2.26. The van der Waals surface area contributed by atoms with Crippen molar-refractivity contribution in [3.63, 3.8) is 0 Å². The molecule has 2 N–H and O–H groups in total. The van der Waals surface area contributed by atoms with Gasteiger partial charge in [-0.15, -0.1) is 0 Å². The van der Waals surface area contributed by atoms with Gasteiger partial charge >= 0.3 is 0 Å². The molecule has 1 fully saturated rings. The van der Waals surface area contributed by atoms with Gasteiger partial charge in [-0.05, 0) is 39.2 Å². The van der Waals surface area contributed by atoms with Crippen LogP contribution in [0.3, 0.4) is 0 Å². The van der Waals surface area contributed by atoms with Crippen LogP contribution >= 0.6 is 12.2 Å². The molecule has 0 unspecified atom stereocenters. The molecule has 1 aromatic rings. The lowest BCUT2D eigenvalue weighted by Crippen LogP contribution is -2.32. The minimum absolute atomic E-state index is 0.454. The highest BCUT2D eigenvalue weighted by molar-refractivity contribution is 7.80. The molecule has 1 aliphatic heterocycles. The molecule has 0 spiro atoms. The van der Waals surface area contributed by atoms with E-state index in [4.69, 9.17) is 18.0 Å². The van der Waals surface area contributed by atoms with E-state index in [1.807, 2.05) is 13.8 Å². The average molecular weight is 249 g/mol. The highest BCUT2D eigenvalue weighted by Gasteiger charge is 2.18. The van der Waals surface area contributed by atoms with Gasteiger partial charge in [-0.2, -0.15) is 0 Å². The molecule has 2 heterocycles. The number of hydrogen-bond acceptors (Lipinski definition) is 3. The summed E-state index contributed by atoms with van der Waals surface area (Å²) >= 11 is 5.16. The van der Waals surface area contributed by atoms with Crippen LogP contribution < -0.4 is 10.6 Å². The molecule has 0 aliphatic carbocycles. The minimum atomic E-state index is 0.454. The number of piperidine rings is 1. The first kappa shape index (κ1) is 12.3. The Hall–Kier alpha value is -1.16. The van der Waals surface area contributed by atoms with Gasteiger partial charge in [0.2, 0.25) is 0 Å². The summed E-state index contributed by atoms with van der Waals surface area (Å²) in [5, 5.41) is 0. The fourth-order valence-corrected chi connectivity index (χ4v) is 2.75. The molecule has 17 heavy (non-hydrogen) atoms. The van der Waals surface area contributed by atoms with Gasteiger partial charge < -0.3 is 10.6 Å². The number of nitrogens with two attached hydrogens (primary N) is 1. The van der Waals surface area contributed by atoms with Crippen molar-refractivity contribution in [2.75, 3.05) is 18.0 Å². The fourth-order valence-electron chi connectivity index (χ4n) is 2.50. The monoisotopic (exact) mass is 249 g/mol. The van der Waals surface area contributed by atoms with Gasteiger partial charge in [0.1, 0.15) is 4.99 Å². The average Bonchev–Trinajstić information content (AvgIpc) is 2.28. The zero-order valence-electron chi connectivity index (χ0n) is 10.5. The second-order valence-corrected chi connectivity index (χ2v) is 5.09. The molecule has 0 aromatic carbocycles. The van der Waals surface area contributed by atoms with Gasteiger partial charge in [-0.3, -0.25) is 4.98 Å². The maximum atomic E-state index is 5.84. The van der Waals surface area contributed by atoms with Gasteiger partial charge in [0, 0.05) is 24.5 Å². The van der Waals surface area contributed by atoms with Crippen LogP contribution in [0.5, 0.6) is 0 Å². The smallest absolute Gasteiger partial charge is 0.107 e. The van der Waals surface area contributed by atoms with Crippen LogP contribution in [0.1, 0.15) is 36.2 Å². The van der Waals surface area contributed by atoms with Gasteiger partial charge in [0.25, 0.3) is 0 Å². The third-order valence-corrected chi connectivity index (χ3v) is 3.45. The summed E-state index contributed by atoms with van der Waals surface area (Å²) in [5.74, 6) is 0. The third kappa shape index (κ3) is 2.57. The Morgan fingerprint density at radius 3 is 2.53 bits per heavy atom. The molecule has 1 saturated heterocycles. The Bertz CT molecular complexity index is 437. The van der Waals surface area contributed by atoms with Crippen molar-refractivity contribution in [2.45, 2.75) is 33.1 Å². The van der Waals surface area contributed by atoms with Crippen LogP contribution in [0.25, 0.3) is 0 Å². The van der Waals surface area contributed by atoms with Crippen molar-refractivity contribution in [1.29, 1.82) is 0 Å². The lowest BCUT2D eigenvalue weighted by molar-refractivity contribution is 0.577. The van der Waals surface area contributed by atoms with E-state index in [2.05, 4.69) is 16.0 Å². The van der Waals surface area contributed by atoms with Crippen molar-refractivity contribution in [3.05, 3.63) is 23.0 Å². The molecule has 0 saturated carbocycles. The molecule has 0 radical (unpaired) electrons. The second-order valence-electron chi connectivity index (χ2n) is 4.66. The first-order valence-electron chi connectivity index (χ1n) is 6.12. The summed E-state index contributed by atoms with van der Waals surface area (Å²) in [6.07, 6.45) is 3.82. The van der Waals surface area contributed by atoms with E-state index in [0.29, 0.717) is 4.99 Å². The van der Waals surface area contributed by atoms with Crippen LogP contribution in [0.4, 0.5) is 5.69 Å². The molecule has 0 bridgehead atoms. The summed E-state index contributed by atoms with van der Waals surface area (Å²) in [7, 11) is 0. The number of rotatable bonds is 2. The van der Waals surface area contributed by atoms with Crippen LogP contribution in [-0.4, -0.2) is 23.1 Å². The molecule has 0 atom stereocenters. The Kier molecular flexibility index (Phi) is 3.62. The number of anilines is 1. The molecule has 1 aliphatic rings. The van der Waals surface area contributed by atoms with E-state index in [1.54, 1.807) is 0 Å². The van der Waals surface area contributed by atoms with Crippen molar-refractivity contribution in [3.8, 4) is 0 Å². The fraction of sp³-hybridized carbons (Fsp3) is 0.538. The van der Waals surface area contributed by atoms with E-state index in [-0.39, 0.29) is 0 Å². The van der Waals surface area contributed by atoms with Crippen molar-refractivity contribution >= 4 is 22.9 Å². The summed E-state index contributed by atoms with van der Waals surface area (Å²) in [4.78, 5) is 7.30. The summed E-state index contributed by atoms with van der Waals surface area (Å²) < 4.78 is 0. The largest absolute Gasteiger partial charge is 0.389 e. The molecule has 4 heteroatoms. The van der Waals surface area contributed by atoms with E-state index >= 15 is 0 Å². The Morgan fingerprint density at radius 2 is 1.94 bits per heavy atom. The summed E-state index contributed by atoms with van der Waals surface area (Å²) in [5.41, 5.74) is 9.93. The molecular formula is C13H19N3S. The number of thiocarbonyl (C=S) groups is 1. The van der Waals surface area contributed by atoms with E-state index in [9.17, 15) is 0 Å². The SMILES string of the molecule is Cc1cc(N2CCCCC2)c(C(N)=S)c(C)n1. The summed E-state index contributed by atoms with van der Waals surface area (Å²) in [6, 6.07) is 2.10. The number of pyridine rings is 1. The van der Waals surface area contributed by atoms with Crippen LogP contribution in [0.15, 0.2) is 6.07 Å². The molecular weight excluding hydrogens is 230 g/mol. The zero-order valence-corrected chi connectivity index (χ0v) is 11.3. The number of aryl methyl sites for hydroxylation is 2. The quantitative estimate of drug-likeness (QED) is 0.817. The highest BCUT2D eigenvalue weighted by atomic mass is 32.1. The Morgan fingerprint density at radius 1 is 1.29 bits per heavy atom. The number of aromatic nitrogens is 1. The summed E-state index contributed by atoms with van der Waals surface area (Å²) in [6.45, 7) is 6.19. The molecule has 2 rings (SSSR count). The first-order valence-corrected chi connectivity index (χ1v) is 6.53. The Balaban J connectivity index is 2.46. The lowest BCUT2D eigenvalue weighted by Gasteiger charge is -2.31. The normalized spacial score (nSPS) is 16.0. The topological polar surface area (TPSA) is 42.1 Å². The first-order chi connectivity index (χ1) is 8.09. The van der Waals surface area contributed by atoms with Gasteiger partial charge in [0.15, 0.2) is 0 Å². The van der Waals surface area contributed by atoms with Crippen LogP contribution in [0.2, 0.25) is 0 Å². The van der Waals surface area contributed by atoms with Crippen molar-refractivity contribution < 1.29 is 0 Å². The van der Waals surface area contributed by atoms with E-state index in [1.165, 1.54) is 24.9 Å². The van der Waals surface area contributed by atoms with Gasteiger partial charge in [-0.1, -0.05) is 12.2 Å². The van der Waals surface area contributed by atoms with Crippen molar-refractivity contribution in [2.24, 2.45) is 5.73 Å². The predicted molar refractivity (Wildman–Crippen MR) is 75.7 cm³/mol. The van der Waals surface area contributed by atoms with E-state index < -0.39 is 0 Å². The molecule has 92 valence electrons. The van der Waals surface area contributed by atoms with Crippen LogP contribution in [0, 0.1) is 13.8 Å². The minimum Gasteiger partial charge on any atom is -0.389 e. The van der Waals surface area contributed by atoms with E-state index in [0.717, 1.165) is 30.0 Å². The predicted octanol–water partition coefficient (Wildman–Crippen LogP) is 2.32. The maximum absolute atomic E-state index is 5.84. The molecule has 3 nitrogen and oxygen atoms in total. The van der Waals surface area contributed by atoms with Crippen LogP contribution in [-0.2, 0) is 0 Å². The van der Waals surface area contributed by atoms with Crippen molar-refractivity contribution in [1.82, 2.24) is 4.98 Å². The standard InChI is InChI=1S/C13H19N3S/c1-9-8-11(16-6-4-3-5-7-16)12(13(14)17)10(2)15-9/h8H,3-7H2,1-2H3,(H2,14,17). The zero-order chi connectivity index (χ0) is 12.4. The second kappa shape index (κ2) is 5.00. The molecule has 0 amide bonds. The number of hydrogen-bond donors (Lipinski definition) is 1. The lowest BCUT2D eigenvalue weighted by atomic mass is 10.1. The number of nitrogens with zero attached hydrogens (tertiary/aromatic N) is 2. The Labute approximate surface area is 108 Å². The third-order valence-electron chi connectivity index (χ3n) is 3.25. The molecule has 1 aromatic heterocycles.